The smallest absolute Gasteiger partial charge is 0.0534 e. The van der Waals surface area contributed by atoms with Crippen molar-refractivity contribution in [1.29, 1.82) is 0 Å². The average Bonchev–Trinajstić information content (AvgIpc) is 3.58. The summed E-state index contributed by atoms with van der Waals surface area (Å²) in [6.07, 6.45) is 8.12. The van der Waals surface area contributed by atoms with E-state index in [4.69, 9.17) is 0 Å². The molecule has 0 amide bonds. The minimum atomic E-state index is 0.933. The van der Waals surface area contributed by atoms with Gasteiger partial charge < -0.3 is 0 Å². The second kappa shape index (κ2) is 10.9. The van der Waals surface area contributed by atoms with Crippen molar-refractivity contribution in [2.45, 2.75) is 6.42 Å². The molecule has 0 unspecified atom stereocenters. The van der Waals surface area contributed by atoms with Crippen LogP contribution in [0.4, 0.5) is 0 Å². The fourth-order valence-corrected chi connectivity index (χ4v) is 9.18. The first-order chi connectivity index (χ1) is 22.3. The Kier molecular flexibility index (Phi) is 6.36. The second-order valence-corrected chi connectivity index (χ2v) is 13.8. The van der Waals surface area contributed by atoms with Crippen molar-refractivity contribution in [3.8, 4) is 33.4 Å². The van der Waals surface area contributed by atoms with Crippen LogP contribution in [0.25, 0.3) is 81.4 Å². The van der Waals surface area contributed by atoms with Crippen molar-refractivity contribution in [1.82, 2.24) is 0 Å². The lowest BCUT2D eigenvalue weighted by Crippen LogP contribution is -2.17. The van der Waals surface area contributed by atoms with Crippen LogP contribution in [0.1, 0.15) is 12.0 Å². The number of hydrogen-bond acceptors (Lipinski definition) is 2. The first-order valence-corrected chi connectivity index (χ1v) is 17.0. The molecule has 45 heavy (non-hydrogen) atoms. The Morgan fingerprint density at radius 2 is 0.978 bits per heavy atom. The summed E-state index contributed by atoms with van der Waals surface area (Å²) in [7, 11) is 0. The molecule has 0 saturated heterocycles. The van der Waals surface area contributed by atoms with Gasteiger partial charge >= 0.3 is 0 Å². The van der Waals surface area contributed by atoms with Gasteiger partial charge in [-0.2, -0.15) is 0 Å². The molecule has 2 aromatic heterocycles. The van der Waals surface area contributed by atoms with Crippen LogP contribution in [0.5, 0.6) is 0 Å². The summed E-state index contributed by atoms with van der Waals surface area (Å²) in [5, 5.41) is 5.40. The van der Waals surface area contributed by atoms with Gasteiger partial charge in [-0.15, -0.1) is 22.7 Å². The molecule has 212 valence electrons. The Balaban J connectivity index is 1.15. The third-order valence-electron chi connectivity index (χ3n) is 8.91. The number of hydrogen-bond donors (Lipinski definition) is 0. The predicted octanol–water partition coefficient (Wildman–Crippen LogP) is 11.3. The minimum Gasteiger partial charge on any atom is -0.134 e. The number of allylic oxidation sites excluding steroid dienone is 2. The van der Waals surface area contributed by atoms with E-state index in [0.717, 1.165) is 6.42 Å². The summed E-state index contributed by atoms with van der Waals surface area (Å²) < 4.78 is 5.52. The number of fused-ring (bicyclic) bond motifs is 7. The van der Waals surface area contributed by atoms with Gasteiger partial charge in [-0.25, -0.2) is 0 Å². The summed E-state index contributed by atoms with van der Waals surface area (Å²) in [6, 6.07) is 50.9. The summed E-state index contributed by atoms with van der Waals surface area (Å²) in [4.78, 5) is 0. The Morgan fingerprint density at radius 1 is 0.400 bits per heavy atom. The van der Waals surface area contributed by atoms with Gasteiger partial charge in [-0.1, -0.05) is 127 Å². The van der Waals surface area contributed by atoms with Gasteiger partial charge in [0.25, 0.3) is 0 Å². The highest BCUT2D eigenvalue weighted by atomic mass is 32.1. The maximum absolute atomic E-state index is 2.42. The highest BCUT2D eigenvalue weighted by Gasteiger charge is 2.14. The normalized spacial score (nSPS) is 12.8. The third kappa shape index (κ3) is 4.66. The number of rotatable bonds is 4. The maximum Gasteiger partial charge on any atom is 0.0534 e. The summed E-state index contributed by atoms with van der Waals surface area (Å²) >= 11 is 3.87. The van der Waals surface area contributed by atoms with Gasteiger partial charge in [0.15, 0.2) is 0 Å². The fraction of sp³-hybridized carbons (Fsp3) is 0.0233. The molecule has 1 aliphatic carbocycles. The number of benzene rings is 6. The molecule has 0 bridgehead atoms. The molecule has 0 aliphatic heterocycles. The Bertz CT molecular complexity index is 2550. The lowest BCUT2D eigenvalue weighted by molar-refractivity contribution is 1.49. The van der Waals surface area contributed by atoms with E-state index in [-0.39, 0.29) is 0 Å². The van der Waals surface area contributed by atoms with Gasteiger partial charge in [-0.3, -0.25) is 0 Å². The van der Waals surface area contributed by atoms with Gasteiger partial charge in [0, 0.05) is 30.6 Å². The quantitative estimate of drug-likeness (QED) is 0.186. The molecule has 2 heteroatoms. The minimum absolute atomic E-state index is 0.933. The van der Waals surface area contributed by atoms with Crippen LogP contribution in [0.15, 0.2) is 146 Å². The molecule has 9 rings (SSSR count). The Hall–Kier alpha value is -5.02. The molecular weight excluding hydrogens is 581 g/mol. The maximum atomic E-state index is 2.42. The monoisotopic (exact) mass is 608 g/mol. The average molecular weight is 609 g/mol. The van der Waals surface area contributed by atoms with Crippen LogP contribution in [-0.4, -0.2) is 0 Å². The lowest BCUT2D eigenvalue weighted by atomic mass is 9.97. The van der Waals surface area contributed by atoms with Crippen LogP contribution in [0.3, 0.4) is 0 Å². The fourth-order valence-electron chi connectivity index (χ4n) is 6.63. The first-order valence-electron chi connectivity index (χ1n) is 15.4. The molecule has 2 heterocycles. The van der Waals surface area contributed by atoms with Crippen molar-refractivity contribution in [3.05, 3.63) is 161 Å². The molecule has 0 nitrogen and oxygen atoms in total. The SMILES string of the molecule is C1=C(c2cccc(-c3ccccc3)c2)C=c2c(sc3c2ccc2c4cc(-c5cccc(-c6ccccc6)c5)ccc4sc23)=CC1. The van der Waals surface area contributed by atoms with Crippen molar-refractivity contribution in [3.63, 3.8) is 0 Å². The van der Waals surface area contributed by atoms with Crippen molar-refractivity contribution in [2.24, 2.45) is 0 Å². The first kappa shape index (κ1) is 26.4. The second-order valence-electron chi connectivity index (χ2n) is 11.6. The third-order valence-corrected chi connectivity index (χ3v) is 11.5. The molecule has 0 atom stereocenters. The van der Waals surface area contributed by atoms with Crippen LogP contribution in [-0.2, 0) is 0 Å². The van der Waals surface area contributed by atoms with Gasteiger partial charge in [0.05, 0.1) is 9.40 Å². The van der Waals surface area contributed by atoms with E-state index in [1.165, 1.54) is 84.5 Å². The van der Waals surface area contributed by atoms with Gasteiger partial charge in [0.2, 0.25) is 0 Å². The van der Waals surface area contributed by atoms with E-state index in [0.29, 0.717) is 0 Å². The van der Waals surface area contributed by atoms with Crippen LogP contribution >= 0.6 is 22.7 Å². The van der Waals surface area contributed by atoms with Crippen molar-refractivity contribution >= 4 is 70.7 Å². The topological polar surface area (TPSA) is 0 Å². The molecule has 0 N–H and O–H groups in total. The van der Waals surface area contributed by atoms with E-state index in [9.17, 15) is 0 Å². The van der Waals surface area contributed by atoms with E-state index in [1.807, 2.05) is 22.7 Å². The summed E-state index contributed by atoms with van der Waals surface area (Å²) in [5.41, 5.74) is 10.1. The van der Waals surface area contributed by atoms with E-state index in [2.05, 4.69) is 158 Å². The molecule has 0 radical (unpaired) electrons. The number of thiophene rings is 2. The van der Waals surface area contributed by atoms with Crippen molar-refractivity contribution in [2.75, 3.05) is 0 Å². The van der Waals surface area contributed by atoms with E-state index >= 15 is 0 Å². The lowest BCUT2D eigenvalue weighted by Gasteiger charge is -2.07. The molecule has 6 aromatic carbocycles. The van der Waals surface area contributed by atoms with Gasteiger partial charge in [0.1, 0.15) is 0 Å². The molecule has 0 fully saturated rings. The Morgan fingerprint density at radius 3 is 1.71 bits per heavy atom. The van der Waals surface area contributed by atoms with Crippen LogP contribution in [0.2, 0.25) is 0 Å². The molecule has 0 spiro atoms. The van der Waals surface area contributed by atoms with E-state index in [1.54, 1.807) is 0 Å². The largest absolute Gasteiger partial charge is 0.134 e. The molecule has 0 saturated carbocycles. The zero-order valence-electron chi connectivity index (χ0n) is 24.5. The predicted molar refractivity (Wildman–Crippen MR) is 198 cm³/mol. The summed E-state index contributed by atoms with van der Waals surface area (Å²) in [5.74, 6) is 0. The van der Waals surface area contributed by atoms with Crippen molar-refractivity contribution < 1.29 is 0 Å². The summed E-state index contributed by atoms with van der Waals surface area (Å²) in [6.45, 7) is 0. The van der Waals surface area contributed by atoms with E-state index < -0.39 is 0 Å². The molecule has 1 aliphatic rings. The molecule has 8 aromatic rings. The standard InChI is InChI=1S/C43H28S2/c1-3-10-28(11-4-1)30-14-7-16-32(24-30)34-18-9-19-40-38(26-34)36-21-22-37-39-27-35(20-23-41(39)45-43(37)42(36)44-40)33-17-8-15-31(25-33)29-12-5-2-6-13-29/h1-8,10-27H,9H2. The zero-order chi connectivity index (χ0) is 29.7. The highest BCUT2D eigenvalue weighted by Crippen LogP contribution is 2.41. The van der Waals surface area contributed by atoms with Crippen LogP contribution in [0, 0.1) is 0 Å². The van der Waals surface area contributed by atoms with Crippen LogP contribution < -0.4 is 9.75 Å². The zero-order valence-corrected chi connectivity index (χ0v) is 26.2. The molecular formula is C43H28S2. The highest BCUT2D eigenvalue weighted by molar-refractivity contribution is 7.30. The van der Waals surface area contributed by atoms with Gasteiger partial charge in [-0.05, 0) is 81.3 Å². The Labute approximate surface area is 270 Å².